The fraction of sp³-hybridized carbons (Fsp3) is 0.545. The Morgan fingerprint density at radius 2 is 2.40 bits per heavy atom. The van der Waals surface area contributed by atoms with Gasteiger partial charge in [-0.3, -0.25) is 0 Å². The zero-order valence-corrected chi connectivity index (χ0v) is 8.95. The Morgan fingerprint density at radius 1 is 1.53 bits per heavy atom. The monoisotopic (exact) mass is 208 g/mol. The lowest BCUT2D eigenvalue weighted by Gasteiger charge is -2.02. The molecule has 0 atom stereocenters. The van der Waals surface area contributed by atoms with Gasteiger partial charge in [0.25, 0.3) is 0 Å². The van der Waals surface area contributed by atoms with Crippen molar-refractivity contribution in [1.29, 1.82) is 5.26 Å². The van der Waals surface area contributed by atoms with Crippen molar-refractivity contribution in [2.24, 2.45) is 0 Å². The Labute approximate surface area is 89.8 Å². The number of furan rings is 1. The van der Waals surface area contributed by atoms with Crippen LogP contribution in [0.3, 0.4) is 0 Å². The van der Waals surface area contributed by atoms with Crippen molar-refractivity contribution in [1.82, 2.24) is 5.32 Å². The summed E-state index contributed by atoms with van der Waals surface area (Å²) in [4.78, 5) is 0. The quantitative estimate of drug-likeness (QED) is 0.692. The highest BCUT2D eigenvalue weighted by atomic mass is 16.5. The molecule has 0 saturated heterocycles. The standard InChI is InChI=1S/C11H16N2O2/c1-2-14-7-3-6-13-9-11-5-4-10(8-12)15-11/h4-5,13H,2-3,6-7,9H2,1H3. The second kappa shape index (κ2) is 7.04. The van der Waals surface area contributed by atoms with E-state index in [4.69, 9.17) is 14.4 Å². The first-order valence-electron chi connectivity index (χ1n) is 5.14. The van der Waals surface area contributed by atoms with E-state index in [0.717, 1.165) is 31.9 Å². The van der Waals surface area contributed by atoms with Crippen molar-refractivity contribution in [3.05, 3.63) is 23.7 Å². The SMILES string of the molecule is CCOCCCNCc1ccc(C#N)o1. The highest BCUT2D eigenvalue weighted by molar-refractivity contribution is 5.18. The molecule has 1 rings (SSSR count). The molecule has 4 nitrogen and oxygen atoms in total. The van der Waals surface area contributed by atoms with Crippen molar-refractivity contribution < 1.29 is 9.15 Å². The van der Waals surface area contributed by atoms with Crippen LogP contribution in [0.15, 0.2) is 16.5 Å². The molecule has 15 heavy (non-hydrogen) atoms. The third-order valence-corrected chi connectivity index (χ3v) is 1.92. The Bertz CT molecular complexity index is 315. The normalized spacial score (nSPS) is 10.1. The van der Waals surface area contributed by atoms with Gasteiger partial charge in [0.1, 0.15) is 11.8 Å². The number of ether oxygens (including phenoxy) is 1. The molecular formula is C11H16N2O2. The molecule has 0 aromatic carbocycles. The largest absolute Gasteiger partial charge is 0.449 e. The fourth-order valence-electron chi connectivity index (χ4n) is 1.19. The summed E-state index contributed by atoms with van der Waals surface area (Å²) in [5, 5.41) is 11.8. The first-order valence-corrected chi connectivity index (χ1v) is 5.14. The molecule has 0 unspecified atom stereocenters. The molecule has 0 bridgehead atoms. The molecule has 4 heteroatoms. The zero-order chi connectivity index (χ0) is 10.9. The van der Waals surface area contributed by atoms with Crippen molar-refractivity contribution in [2.45, 2.75) is 19.9 Å². The second-order valence-electron chi connectivity index (χ2n) is 3.11. The van der Waals surface area contributed by atoms with Crippen molar-refractivity contribution in [3.8, 4) is 6.07 Å². The maximum absolute atomic E-state index is 8.54. The van der Waals surface area contributed by atoms with E-state index < -0.39 is 0 Å². The summed E-state index contributed by atoms with van der Waals surface area (Å²) in [6.07, 6.45) is 0.986. The lowest BCUT2D eigenvalue weighted by Crippen LogP contribution is -2.15. The van der Waals surface area contributed by atoms with Crippen LogP contribution in [-0.2, 0) is 11.3 Å². The maximum Gasteiger partial charge on any atom is 0.203 e. The molecule has 0 spiro atoms. The molecule has 1 heterocycles. The van der Waals surface area contributed by atoms with E-state index in [2.05, 4.69) is 5.32 Å². The van der Waals surface area contributed by atoms with E-state index in [1.807, 2.05) is 19.1 Å². The number of nitriles is 1. The maximum atomic E-state index is 8.54. The van der Waals surface area contributed by atoms with Gasteiger partial charge in [0.05, 0.1) is 6.54 Å². The molecule has 0 fully saturated rings. The predicted octanol–water partition coefficient (Wildman–Crippen LogP) is 1.67. The van der Waals surface area contributed by atoms with Gasteiger partial charge >= 0.3 is 0 Å². The van der Waals surface area contributed by atoms with Gasteiger partial charge in [-0.05, 0) is 32.0 Å². The van der Waals surface area contributed by atoms with Crippen LogP contribution in [0.25, 0.3) is 0 Å². The molecule has 0 aliphatic rings. The van der Waals surface area contributed by atoms with Crippen LogP contribution >= 0.6 is 0 Å². The molecule has 0 aliphatic heterocycles. The molecule has 82 valence electrons. The first-order chi connectivity index (χ1) is 7.36. The number of hydrogen-bond donors (Lipinski definition) is 1. The summed E-state index contributed by atoms with van der Waals surface area (Å²) < 4.78 is 10.4. The van der Waals surface area contributed by atoms with E-state index in [0.29, 0.717) is 12.3 Å². The van der Waals surface area contributed by atoms with E-state index >= 15 is 0 Å². The van der Waals surface area contributed by atoms with Crippen molar-refractivity contribution >= 4 is 0 Å². The molecule has 0 saturated carbocycles. The molecule has 0 amide bonds. The van der Waals surface area contributed by atoms with Gasteiger partial charge in [0, 0.05) is 13.2 Å². The second-order valence-corrected chi connectivity index (χ2v) is 3.11. The van der Waals surface area contributed by atoms with Gasteiger partial charge in [-0.1, -0.05) is 0 Å². The third kappa shape index (κ3) is 4.63. The lowest BCUT2D eigenvalue weighted by molar-refractivity contribution is 0.144. The minimum atomic E-state index is 0.362. The number of rotatable bonds is 7. The summed E-state index contributed by atoms with van der Waals surface area (Å²) in [6.45, 7) is 5.09. The van der Waals surface area contributed by atoms with Crippen LogP contribution in [0.4, 0.5) is 0 Å². The third-order valence-electron chi connectivity index (χ3n) is 1.92. The van der Waals surface area contributed by atoms with Crippen LogP contribution in [0, 0.1) is 11.3 Å². The lowest BCUT2D eigenvalue weighted by atomic mass is 10.4. The molecular weight excluding hydrogens is 192 g/mol. The average Bonchev–Trinajstić information content (AvgIpc) is 2.71. The molecule has 1 aromatic heterocycles. The van der Waals surface area contributed by atoms with Crippen LogP contribution in [0.2, 0.25) is 0 Å². The topological polar surface area (TPSA) is 58.2 Å². The highest BCUT2D eigenvalue weighted by Crippen LogP contribution is 2.05. The predicted molar refractivity (Wildman–Crippen MR) is 56.2 cm³/mol. The summed E-state index contributed by atoms with van der Waals surface area (Å²) in [5.74, 6) is 1.16. The fourth-order valence-corrected chi connectivity index (χ4v) is 1.19. The zero-order valence-electron chi connectivity index (χ0n) is 8.95. The van der Waals surface area contributed by atoms with Gasteiger partial charge in [-0.25, -0.2) is 0 Å². The summed E-state index contributed by atoms with van der Waals surface area (Å²) in [5.41, 5.74) is 0. The van der Waals surface area contributed by atoms with Crippen LogP contribution in [0.5, 0.6) is 0 Å². The Hall–Kier alpha value is -1.31. The van der Waals surface area contributed by atoms with Crippen LogP contribution < -0.4 is 5.32 Å². The summed E-state index contributed by atoms with van der Waals surface area (Å²) in [7, 11) is 0. The summed E-state index contributed by atoms with van der Waals surface area (Å²) in [6, 6.07) is 5.44. The molecule has 1 aromatic rings. The van der Waals surface area contributed by atoms with Gasteiger partial charge < -0.3 is 14.5 Å². The summed E-state index contributed by atoms with van der Waals surface area (Å²) >= 11 is 0. The number of hydrogen-bond acceptors (Lipinski definition) is 4. The van der Waals surface area contributed by atoms with Crippen molar-refractivity contribution in [3.63, 3.8) is 0 Å². The Kier molecular flexibility index (Phi) is 5.52. The Balaban J connectivity index is 2.07. The molecule has 0 radical (unpaired) electrons. The van der Waals surface area contributed by atoms with Crippen LogP contribution in [0.1, 0.15) is 24.9 Å². The van der Waals surface area contributed by atoms with E-state index in [1.165, 1.54) is 0 Å². The van der Waals surface area contributed by atoms with Gasteiger partial charge in [-0.15, -0.1) is 0 Å². The first kappa shape index (κ1) is 11.8. The Morgan fingerprint density at radius 3 is 3.07 bits per heavy atom. The highest BCUT2D eigenvalue weighted by Gasteiger charge is 1.99. The van der Waals surface area contributed by atoms with Gasteiger partial charge in [0.2, 0.25) is 5.76 Å². The van der Waals surface area contributed by atoms with Gasteiger partial charge in [-0.2, -0.15) is 5.26 Å². The number of nitrogens with one attached hydrogen (secondary N) is 1. The van der Waals surface area contributed by atoms with E-state index in [9.17, 15) is 0 Å². The van der Waals surface area contributed by atoms with Crippen molar-refractivity contribution in [2.75, 3.05) is 19.8 Å². The van der Waals surface area contributed by atoms with Gasteiger partial charge in [0.15, 0.2) is 0 Å². The minimum absolute atomic E-state index is 0.362. The van der Waals surface area contributed by atoms with Crippen LogP contribution in [-0.4, -0.2) is 19.8 Å². The van der Waals surface area contributed by atoms with E-state index in [-0.39, 0.29) is 0 Å². The minimum Gasteiger partial charge on any atom is -0.449 e. The molecule has 1 N–H and O–H groups in total. The smallest absolute Gasteiger partial charge is 0.203 e. The molecule has 0 aliphatic carbocycles. The van der Waals surface area contributed by atoms with E-state index in [1.54, 1.807) is 6.07 Å². The average molecular weight is 208 g/mol. The number of nitrogens with zero attached hydrogens (tertiary/aromatic N) is 1.